The van der Waals surface area contributed by atoms with Crippen LogP contribution in [0, 0.1) is 0 Å². The third-order valence-electron chi connectivity index (χ3n) is 5.54. The van der Waals surface area contributed by atoms with E-state index >= 15 is 0 Å². The van der Waals surface area contributed by atoms with Crippen molar-refractivity contribution in [3.8, 4) is 5.75 Å². The van der Waals surface area contributed by atoms with E-state index in [2.05, 4.69) is 76.6 Å². The molecule has 0 saturated heterocycles. The largest absolute Gasteiger partial charge is 0.490 e. The van der Waals surface area contributed by atoms with Crippen molar-refractivity contribution < 1.29 is 4.74 Å². The van der Waals surface area contributed by atoms with Crippen molar-refractivity contribution in [3.63, 3.8) is 0 Å². The van der Waals surface area contributed by atoms with Gasteiger partial charge in [-0.1, -0.05) is 24.3 Å². The molecule has 1 unspecified atom stereocenters. The van der Waals surface area contributed by atoms with Crippen molar-refractivity contribution in [2.24, 2.45) is 0 Å². The topological polar surface area (TPSA) is 45.3 Å². The number of hydrogen-bond acceptors (Lipinski definition) is 6. The normalized spacial score (nSPS) is 19.7. The van der Waals surface area contributed by atoms with Gasteiger partial charge in [-0.25, -0.2) is 0 Å². The molecule has 3 aromatic rings. The smallest absolute Gasteiger partial charge is 0.142 e. The highest BCUT2D eigenvalue weighted by Crippen LogP contribution is 2.57. The number of nitrogens with one attached hydrogen (secondary N) is 3. The van der Waals surface area contributed by atoms with Crippen LogP contribution in [0.2, 0.25) is 0 Å². The zero-order chi connectivity index (χ0) is 19.2. The van der Waals surface area contributed by atoms with E-state index in [9.17, 15) is 0 Å². The minimum absolute atomic E-state index is 0.217. The van der Waals surface area contributed by atoms with E-state index in [1.54, 1.807) is 0 Å². The third kappa shape index (κ3) is 3.20. The molecule has 0 saturated carbocycles. The first-order valence-corrected chi connectivity index (χ1v) is 11.7. The Morgan fingerprint density at radius 1 is 0.793 bits per heavy atom. The number of thioether (sulfide) groups is 2. The lowest BCUT2D eigenvalue weighted by atomic mass is 10.0. The maximum atomic E-state index is 5.83. The molecule has 0 fully saturated rings. The molecule has 1 atom stereocenters. The fourth-order valence-electron chi connectivity index (χ4n) is 4.04. The lowest BCUT2D eigenvalue weighted by Crippen LogP contribution is -2.26. The molecule has 3 heterocycles. The monoisotopic (exact) mass is 419 g/mol. The second kappa shape index (κ2) is 7.11. The Kier molecular flexibility index (Phi) is 4.27. The summed E-state index contributed by atoms with van der Waals surface area (Å²) in [6.07, 6.45) is 0. The van der Waals surface area contributed by atoms with Gasteiger partial charge in [-0.05, 0) is 47.5 Å². The van der Waals surface area contributed by atoms with Crippen LogP contribution in [0.5, 0.6) is 5.75 Å². The number of benzene rings is 3. The van der Waals surface area contributed by atoms with Crippen LogP contribution in [0.25, 0.3) is 0 Å². The fraction of sp³-hybridized carbons (Fsp3) is 0.217. The van der Waals surface area contributed by atoms with Gasteiger partial charge in [0.1, 0.15) is 12.4 Å². The summed E-state index contributed by atoms with van der Waals surface area (Å²) in [5.41, 5.74) is 6.02. The van der Waals surface area contributed by atoms with Gasteiger partial charge in [-0.3, -0.25) is 0 Å². The van der Waals surface area contributed by atoms with Crippen molar-refractivity contribution in [2.45, 2.75) is 20.4 Å². The van der Waals surface area contributed by atoms with E-state index in [4.69, 9.17) is 4.74 Å². The maximum absolute atomic E-state index is 5.83. The second-order valence-electron chi connectivity index (χ2n) is 7.43. The van der Waals surface area contributed by atoms with Gasteiger partial charge in [0.2, 0.25) is 0 Å². The van der Waals surface area contributed by atoms with Crippen LogP contribution < -0.4 is 20.7 Å². The predicted octanol–water partition coefficient (Wildman–Crippen LogP) is 5.97. The fourth-order valence-corrected chi connectivity index (χ4v) is 6.85. The molecular formula is C23H21N3OS2. The molecule has 3 aromatic carbocycles. The Bertz CT molecular complexity index is 1060. The summed E-state index contributed by atoms with van der Waals surface area (Å²) < 4.78 is 6.23. The molecule has 3 aliphatic rings. The van der Waals surface area contributed by atoms with Crippen molar-refractivity contribution >= 4 is 40.6 Å². The minimum atomic E-state index is 0.217. The van der Waals surface area contributed by atoms with Gasteiger partial charge < -0.3 is 20.7 Å². The van der Waals surface area contributed by atoms with Crippen LogP contribution in [0.1, 0.15) is 21.8 Å². The zero-order valence-electron chi connectivity index (χ0n) is 15.8. The van der Waals surface area contributed by atoms with E-state index in [0.717, 1.165) is 31.1 Å². The Morgan fingerprint density at radius 2 is 1.59 bits per heavy atom. The number of anilines is 3. The van der Waals surface area contributed by atoms with E-state index in [1.165, 1.54) is 32.3 Å². The van der Waals surface area contributed by atoms with Gasteiger partial charge in [-0.2, -0.15) is 0 Å². The molecule has 0 aromatic heterocycles. The molecule has 6 heteroatoms. The Balaban J connectivity index is 1.25. The first-order chi connectivity index (χ1) is 14.3. The van der Waals surface area contributed by atoms with Crippen LogP contribution >= 0.6 is 23.5 Å². The van der Waals surface area contributed by atoms with Crippen molar-refractivity contribution in [1.82, 2.24) is 0 Å². The van der Waals surface area contributed by atoms with Crippen LogP contribution in [0.4, 0.5) is 17.1 Å². The van der Waals surface area contributed by atoms with E-state index in [-0.39, 0.29) is 6.04 Å². The molecule has 6 rings (SSSR count). The standard InChI is InChI=1S/C23H21N3OS2/c1-2-4-22-21(3-1)28-23(29-22)15-6-7-16-18(11-15)26-19(13-25-16)14-5-8-17-20(12-14)27-10-9-24-17/h1-8,11-12,19,23-26H,9-10,13H2. The Hall–Kier alpha value is -2.44. The van der Waals surface area contributed by atoms with Crippen LogP contribution in [-0.4, -0.2) is 19.7 Å². The summed E-state index contributed by atoms with van der Waals surface area (Å²) in [5.74, 6) is 0.951. The van der Waals surface area contributed by atoms with Crippen LogP contribution in [-0.2, 0) is 0 Å². The quantitative estimate of drug-likeness (QED) is 0.476. The van der Waals surface area contributed by atoms with Gasteiger partial charge >= 0.3 is 0 Å². The molecule has 0 aliphatic carbocycles. The highest BCUT2D eigenvalue weighted by atomic mass is 32.2. The SMILES string of the molecule is c1ccc2c(c1)SC(c1ccc3c(c1)NC(c1ccc4c(c1)OCCN4)CN3)S2. The van der Waals surface area contributed by atoms with E-state index in [0.29, 0.717) is 4.58 Å². The summed E-state index contributed by atoms with van der Waals surface area (Å²) in [5, 5.41) is 10.7. The van der Waals surface area contributed by atoms with Gasteiger partial charge in [-0.15, -0.1) is 23.5 Å². The molecule has 3 aliphatic heterocycles. The number of fused-ring (bicyclic) bond motifs is 3. The van der Waals surface area contributed by atoms with Gasteiger partial charge in [0.25, 0.3) is 0 Å². The average Bonchev–Trinajstić information content (AvgIpc) is 3.22. The van der Waals surface area contributed by atoms with Gasteiger partial charge in [0.15, 0.2) is 0 Å². The average molecular weight is 420 g/mol. The minimum Gasteiger partial charge on any atom is -0.490 e. The van der Waals surface area contributed by atoms with Gasteiger partial charge in [0.05, 0.1) is 27.7 Å². The predicted molar refractivity (Wildman–Crippen MR) is 123 cm³/mol. The molecule has 146 valence electrons. The molecule has 29 heavy (non-hydrogen) atoms. The Labute approximate surface area is 178 Å². The third-order valence-corrected chi connectivity index (χ3v) is 8.44. The molecule has 4 nitrogen and oxygen atoms in total. The summed E-state index contributed by atoms with van der Waals surface area (Å²) in [7, 11) is 0. The highest BCUT2D eigenvalue weighted by molar-refractivity contribution is 8.18. The molecular weight excluding hydrogens is 398 g/mol. The van der Waals surface area contributed by atoms with Crippen LogP contribution in [0.3, 0.4) is 0 Å². The van der Waals surface area contributed by atoms with Crippen LogP contribution in [0.15, 0.2) is 70.5 Å². The molecule has 0 radical (unpaired) electrons. The maximum Gasteiger partial charge on any atom is 0.142 e. The summed E-state index contributed by atoms with van der Waals surface area (Å²) in [4.78, 5) is 2.76. The first kappa shape index (κ1) is 17.4. The van der Waals surface area contributed by atoms with Crippen molar-refractivity contribution in [2.75, 3.05) is 35.6 Å². The van der Waals surface area contributed by atoms with Crippen molar-refractivity contribution in [1.29, 1.82) is 0 Å². The molecule has 0 spiro atoms. The lowest BCUT2D eigenvalue weighted by molar-refractivity contribution is 0.323. The molecule has 3 N–H and O–H groups in total. The molecule has 0 bridgehead atoms. The van der Waals surface area contributed by atoms with Crippen molar-refractivity contribution in [3.05, 3.63) is 71.8 Å². The highest BCUT2D eigenvalue weighted by Gasteiger charge is 2.26. The lowest BCUT2D eigenvalue weighted by Gasteiger charge is -2.30. The first-order valence-electron chi connectivity index (χ1n) is 9.91. The summed E-state index contributed by atoms with van der Waals surface area (Å²) in [6, 6.07) is 22.1. The van der Waals surface area contributed by atoms with E-state index in [1.807, 2.05) is 23.5 Å². The zero-order valence-corrected chi connectivity index (χ0v) is 17.4. The number of ether oxygens (including phenoxy) is 1. The molecule has 0 amide bonds. The number of hydrogen-bond donors (Lipinski definition) is 3. The second-order valence-corrected chi connectivity index (χ2v) is 10.0. The summed E-state index contributed by atoms with van der Waals surface area (Å²) >= 11 is 3.89. The van der Waals surface area contributed by atoms with Gasteiger partial charge in [0, 0.05) is 22.9 Å². The Morgan fingerprint density at radius 3 is 2.45 bits per heavy atom. The summed E-state index contributed by atoms with van der Waals surface area (Å²) in [6.45, 7) is 2.45. The number of rotatable bonds is 2. The van der Waals surface area contributed by atoms with E-state index < -0.39 is 0 Å².